The second-order valence-electron chi connectivity index (χ2n) is 2.38. The molecule has 0 bridgehead atoms. The molecule has 5 nitrogen and oxygen atoms in total. The summed E-state index contributed by atoms with van der Waals surface area (Å²) in [6.45, 7) is 3.92. The van der Waals surface area contributed by atoms with Crippen LogP contribution in [0.1, 0.15) is 23.3 Å². The van der Waals surface area contributed by atoms with Crippen molar-refractivity contribution in [1.82, 2.24) is 10.3 Å². The monoisotopic (exact) mass is 184 g/mol. The van der Waals surface area contributed by atoms with Gasteiger partial charge in [-0.05, 0) is 6.92 Å². The Hall–Kier alpha value is -1.52. The van der Waals surface area contributed by atoms with Crippen LogP contribution in [0.2, 0.25) is 0 Å². The summed E-state index contributed by atoms with van der Waals surface area (Å²) in [7, 11) is 1.53. The summed E-state index contributed by atoms with van der Waals surface area (Å²) in [4.78, 5) is 15.1. The Balaban J connectivity index is 2.96. The van der Waals surface area contributed by atoms with E-state index in [0.29, 0.717) is 12.5 Å². The van der Waals surface area contributed by atoms with Crippen LogP contribution in [0.4, 0.5) is 0 Å². The molecule has 72 valence electrons. The van der Waals surface area contributed by atoms with E-state index in [2.05, 4.69) is 10.3 Å². The van der Waals surface area contributed by atoms with Gasteiger partial charge in [0, 0.05) is 14.0 Å². The van der Waals surface area contributed by atoms with Crippen molar-refractivity contribution >= 4 is 5.91 Å². The highest BCUT2D eigenvalue weighted by Crippen LogP contribution is 2.19. The quantitative estimate of drug-likeness (QED) is 0.752. The highest BCUT2D eigenvalue weighted by atomic mass is 16.6. The third-order valence-corrected chi connectivity index (χ3v) is 1.42. The van der Waals surface area contributed by atoms with Crippen molar-refractivity contribution in [2.45, 2.75) is 13.8 Å². The van der Waals surface area contributed by atoms with E-state index < -0.39 is 0 Å². The third kappa shape index (κ3) is 1.99. The van der Waals surface area contributed by atoms with Gasteiger partial charge in [-0.1, -0.05) is 0 Å². The van der Waals surface area contributed by atoms with Gasteiger partial charge in [0.2, 0.25) is 5.69 Å². The predicted octanol–water partition coefficient (Wildman–Crippen LogP) is 0.741. The van der Waals surface area contributed by atoms with Crippen molar-refractivity contribution in [2.24, 2.45) is 0 Å². The smallest absolute Gasteiger partial charge is 0.318 e. The summed E-state index contributed by atoms with van der Waals surface area (Å²) in [5, 5.41) is 2.45. The van der Waals surface area contributed by atoms with Crippen LogP contribution in [-0.2, 0) is 0 Å². The number of ether oxygens (including phenoxy) is 1. The molecule has 0 aliphatic heterocycles. The van der Waals surface area contributed by atoms with Gasteiger partial charge in [-0.2, -0.15) is 0 Å². The van der Waals surface area contributed by atoms with Crippen LogP contribution in [0.25, 0.3) is 0 Å². The molecule has 0 fully saturated rings. The number of carbonyl (C=O) groups is 1. The highest BCUT2D eigenvalue weighted by Gasteiger charge is 2.18. The number of oxazole rings is 1. The molecular weight excluding hydrogens is 172 g/mol. The number of rotatable bonds is 3. The number of aromatic nitrogens is 1. The van der Waals surface area contributed by atoms with Gasteiger partial charge in [0.1, 0.15) is 0 Å². The standard InChI is InChI=1S/C8H12N2O3/c1-4-12-8-6(7(11)9-3)10-5(2)13-8/h4H2,1-3H3,(H,9,11). The van der Waals surface area contributed by atoms with Gasteiger partial charge in [-0.25, -0.2) is 4.98 Å². The Morgan fingerprint density at radius 3 is 2.92 bits per heavy atom. The number of carbonyl (C=O) groups excluding carboxylic acids is 1. The second kappa shape index (κ2) is 3.93. The van der Waals surface area contributed by atoms with Crippen molar-refractivity contribution in [1.29, 1.82) is 0 Å². The van der Waals surface area contributed by atoms with E-state index in [1.807, 2.05) is 6.92 Å². The number of nitrogens with zero attached hydrogens (tertiary/aromatic N) is 1. The SMILES string of the molecule is CCOc1oc(C)nc1C(=O)NC. The largest absolute Gasteiger partial charge is 0.464 e. The minimum atomic E-state index is -0.305. The molecule has 0 saturated heterocycles. The van der Waals surface area contributed by atoms with Crippen molar-refractivity contribution in [2.75, 3.05) is 13.7 Å². The van der Waals surface area contributed by atoms with Crippen molar-refractivity contribution in [3.63, 3.8) is 0 Å². The molecule has 13 heavy (non-hydrogen) atoms. The van der Waals surface area contributed by atoms with E-state index in [9.17, 15) is 4.79 Å². The molecule has 1 amide bonds. The van der Waals surface area contributed by atoms with Crippen LogP contribution in [0.3, 0.4) is 0 Å². The normalized spacial score (nSPS) is 9.77. The molecule has 5 heteroatoms. The van der Waals surface area contributed by atoms with Gasteiger partial charge < -0.3 is 14.5 Å². The van der Waals surface area contributed by atoms with Gasteiger partial charge in [0.25, 0.3) is 5.91 Å². The lowest BCUT2D eigenvalue weighted by Crippen LogP contribution is -2.19. The molecule has 0 atom stereocenters. The zero-order valence-electron chi connectivity index (χ0n) is 7.88. The lowest BCUT2D eigenvalue weighted by atomic mass is 10.4. The van der Waals surface area contributed by atoms with Gasteiger partial charge in [-0.15, -0.1) is 0 Å². The molecule has 1 N–H and O–H groups in total. The number of nitrogens with one attached hydrogen (secondary N) is 1. The Kier molecular flexibility index (Phi) is 2.89. The third-order valence-electron chi connectivity index (χ3n) is 1.42. The molecule has 1 heterocycles. The van der Waals surface area contributed by atoms with Crippen LogP contribution < -0.4 is 10.1 Å². The van der Waals surface area contributed by atoms with E-state index in [1.165, 1.54) is 7.05 Å². The molecule has 0 aliphatic rings. The van der Waals surface area contributed by atoms with Gasteiger partial charge in [0.15, 0.2) is 5.89 Å². The van der Waals surface area contributed by atoms with Gasteiger partial charge >= 0.3 is 5.95 Å². The minimum Gasteiger partial charge on any atom is -0.464 e. The molecule has 1 aromatic heterocycles. The summed E-state index contributed by atoms with van der Waals surface area (Å²) in [6.07, 6.45) is 0. The summed E-state index contributed by atoms with van der Waals surface area (Å²) < 4.78 is 10.2. The highest BCUT2D eigenvalue weighted by molar-refractivity contribution is 5.94. The lowest BCUT2D eigenvalue weighted by molar-refractivity contribution is 0.0952. The molecular formula is C8H12N2O3. The zero-order chi connectivity index (χ0) is 9.84. The maximum absolute atomic E-state index is 11.2. The van der Waals surface area contributed by atoms with Crippen molar-refractivity contribution < 1.29 is 13.9 Å². The molecule has 0 aliphatic carbocycles. The van der Waals surface area contributed by atoms with Crippen LogP contribution >= 0.6 is 0 Å². The van der Waals surface area contributed by atoms with E-state index in [1.54, 1.807) is 6.92 Å². The van der Waals surface area contributed by atoms with Crippen LogP contribution in [0.15, 0.2) is 4.42 Å². The molecule has 0 saturated carbocycles. The molecule has 0 radical (unpaired) electrons. The van der Waals surface area contributed by atoms with Crippen molar-refractivity contribution in [3.05, 3.63) is 11.6 Å². The summed E-state index contributed by atoms with van der Waals surface area (Å²) in [6, 6.07) is 0. The fourth-order valence-electron chi connectivity index (χ4n) is 0.899. The molecule has 0 spiro atoms. The fraction of sp³-hybridized carbons (Fsp3) is 0.500. The first kappa shape index (κ1) is 9.57. The number of hydrogen-bond donors (Lipinski definition) is 1. The maximum atomic E-state index is 11.2. The first-order valence-electron chi connectivity index (χ1n) is 4.01. The predicted molar refractivity (Wildman–Crippen MR) is 45.8 cm³/mol. The maximum Gasteiger partial charge on any atom is 0.318 e. The van der Waals surface area contributed by atoms with Crippen LogP contribution in [-0.4, -0.2) is 24.5 Å². The first-order valence-corrected chi connectivity index (χ1v) is 4.01. The average molecular weight is 184 g/mol. The molecule has 1 rings (SSSR count). The lowest BCUT2D eigenvalue weighted by Gasteiger charge is -1.98. The summed E-state index contributed by atoms with van der Waals surface area (Å²) >= 11 is 0. The van der Waals surface area contributed by atoms with E-state index >= 15 is 0 Å². The Morgan fingerprint density at radius 2 is 2.38 bits per heavy atom. The van der Waals surface area contributed by atoms with Crippen molar-refractivity contribution in [3.8, 4) is 5.95 Å². The van der Waals surface area contributed by atoms with Crippen LogP contribution in [0, 0.1) is 6.92 Å². The Morgan fingerprint density at radius 1 is 1.69 bits per heavy atom. The topological polar surface area (TPSA) is 64.4 Å². The van der Waals surface area contributed by atoms with Gasteiger partial charge in [0.05, 0.1) is 6.61 Å². The molecule has 1 aromatic rings. The van der Waals surface area contributed by atoms with E-state index in [4.69, 9.17) is 9.15 Å². The molecule has 0 aromatic carbocycles. The van der Waals surface area contributed by atoms with E-state index in [-0.39, 0.29) is 17.5 Å². The number of aryl methyl sites for hydroxylation is 1. The van der Waals surface area contributed by atoms with Crippen LogP contribution in [0.5, 0.6) is 5.95 Å². The second-order valence-corrected chi connectivity index (χ2v) is 2.38. The summed E-state index contributed by atoms with van der Waals surface area (Å²) in [5.41, 5.74) is 0.196. The number of amides is 1. The average Bonchev–Trinajstić information content (AvgIpc) is 2.46. The zero-order valence-corrected chi connectivity index (χ0v) is 7.88. The fourth-order valence-corrected chi connectivity index (χ4v) is 0.899. The first-order chi connectivity index (χ1) is 6.19. The van der Waals surface area contributed by atoms with Gasteiger partial charge in [-0.3, -0.25) is 4.79 Å². The Labute approximate surface area is 76.1 Å². The minimum absolute atomic E-state index is 0.180. The van der Waals surface area contributed by atoms with E-state index in [0.717, 1.165) is 0 Å². The number of hydrogen-bond acceptors (Lipinski definition) is 4. The Bertz CT molecular complexity index is 306. The molecule has 0 unspecified atom stereocenters. The summed E-state index contributed by atoms with van der Waals surface area (Å²) in [5.74, 6) is 0.293.